The van der Waals surface area contributed by atoms with Crippen LogP contribution in [0.15, 0.2) is 0 Å². The van der Waals surface area contributed by atoms with E-state index in [0.717, 1.165) is 26.1 Å². The first-order valence-electron chi connectivity index (χ1n) is 7.23. The Morgan fingerprint density at radius 1 is 1.44 bits per heavy atom. The lowest BCUT2D eigenvalue weighted by atomic mass is 9.99. The predicted octanol–water partition coefficient (Wildman–Crippen LogP) is 1.21. The van der Waals surface area contributed by atoms with Crippen LogP contribution in [0.1, 0.15) is 40.5 Å². The zero-order valence-corrected chi connectivity index (χ0v) is 12.3. The summed E-state index contributed by atoms with van der Waals surface area (Å²) < 4.78 is 0. The lowest BCUT2D eigenvalue weighted by molar-refractivity contribution is -0.123. The van der Waals surface area contributed by atoms with Crippen LogP contribution in [-0.2, 0) is 4.79 Å². The molecule has 1 rings (SSSR count). The Morgan fingerprint density at radius 2 is 2.11 bits per heavy atom. The average molecular weight is 255 g/mol. The fourth-order valence-electron chi connectivity index (χ4n) is 2.37. The van der Waals surface area contributed by atoms with Gasteiger partial charge in [-0.1, -0.05) is 20.3 Å². The van der Waals surface area contributed by atoms with Gasteiger partial charge >= 0.3 is 0 Å². The molecule has 106 valence electrons. The third-order valence-electron chi connectivity index (χ3n) is 4.17. The summed E-state index contributed by atoms with van der Waals surface area (Å²) in [6.45, 7) is 11.5. The zero-order chi connectivity index (χ0) is 13.7. The maximum Gasteiger partial charge on any atom is 0.237 e. The number of nitrogens with two attached hydrogens (primary N) is 1. The molecule has 3 N–H and O–H groups in total. The maximum absolute atomic E-state index is 11.9. The number of likely N-dealkylation sites (tertiary alicyclic amines) is 1. The molecular weight excluding hydrogens is 226 g/mol. The molecule has 1 unspecified atom stereocenters. The molecule has 1 aliphatic heterocycles. The normalized spacial score (nSPS) is 24.2. The molecule has 0 aromatic heterocycles. The fraction of sp³-hybridized carbons (Fsp3) is 0.929. The molecule has 1 heterocycles. The van der Waals surface area contributed by atoms with Crippen molar-refractivity contribution in [2.75, 3.05) is 19.6 Å². The minimum absolute atomic E-state index is 0.00680. The number of carbonyl (C=O) groups is 1. The van der Waals surface area contributed by atoms with Crippen molar-refractivity contribution < 1.29 is 4.79 Å². The van der Waals surface area contributed by atoms with E-state index in [2.05, 4.69) is 31.0 Å². The van der Waals surface area contributed by atoms with Gasteiger partial charge in [-0.2, -0.15) is 0 Å². The molecule has 0 saturated carbocycles. The van der Waals surface area contributed by atoms with E-state index >= 15 is 0 Å². The van der Waals surface area contributed by atoms with Crippen LogP contribution in [0.3, 0.4) is 0 Å². The van der Waals surface area contributed by atoms with Gasteiger partial charge in [0.1, 0.15) is 0 Å². The predicted molar refractivity (Wildman–Crippen MR) is 75.3 cm³/mol. The largest absolute Gasteiger partial charge is 0.354 e. The Kier molecular flexibility index (Phi) is 6.09. The van der Waals surface area contributed by atoms with Gasteiger partial charge < -0.3 is 16.0 Å². The van der Waals surface area contributed by atoms with Crippen molar-refractivity contribution >= 4 is 5.91 Å². The summed E-state index contributed by atoms with van der Waals surface area (Å²) in [7, 11) is 0. The third kappa shape index (κ3) is 4.25. The van der Waals surface area contributed by atoms with E-state index in [-0.39, 0.29) is 17.9 Å². The summed E-state index contributed by atoms with van der Waals surface area (Å²) in [6.07, 6.45) is 2.12. The van der Waals surface area contributed by atoms with Crippen molar-refractivity contribution in [1.82, 2.24) is 10.2 Å². The molecule has 0 bridgehead atoms. The van der Waals surface area contributed by atoms with E-state index in [1.807, 2.05) is 6.92 Å². The summed E-state index contributed by atoms with van der Waals surface area (Å²) >= 11 is 0. The van der Waals surface area contributed by atoms with Gasteiger partial charge in [0.15, 0.2) is 0 Å². The van der Waals surface area contributed by atoms with Crippen LogP contribution < -0.4 is 11.1 Å². The first kappa shape index (κ1) is 15.4. The topological polar surface area (TPSA) is 58.4 Å². The number of amides is 1. The highest BCUT2D eigenvalue weighted by Crippen LogP contribution is 2.17. The van der Waals surface area contributed by atoms with Crippen molar-refractivity contribution in [3.8, 4) is 0 Å². The molecule has 0 aromatic carbocycles. The second-order valence-corrected chi connectivity index (χ2v) is 5.90. The van der Waals surface area contributed by atoms with Crippen molar-refractivity contribution in [1.29, 1.82) is 0 Å². The average Bonchev–Trinajstić information content (AvgIpc) is 2.82. The monoisotopic (exact) mass is 255 g/mol. The number of carbonyl (C=O) groups excluding carboxylic acids is 1. The van der Waals surface area contributed by atoms with E-state index in [1.54, 1.807) is 0 Å². The molecule has 4 heteroatoms. The first-order valence-corrected chi connectivity index (χ1v) is 7.23. The molecule has 0 spiro atoms. The van der Waals surface area contributed by atoms with Crippen LogP contribution in [0.2, 0.25) is 0 Å². The SMILES string of the molecule is CC[C@H](C)[C@H](N)C(=O)NCC1CCN(C(C)C)C1. The lowest BCUT2D eigenvalue weighted by Crippen LogP contribution is -2.46. The molecule has 1 saturated heterocycles. The summed E-state index contributed by atoms with van der Waals surface area (Å²) in [5.74, 6) is 0.841. The summed E-state index contributed by atoms with van der Waals surface area (Å²) in [5.41, 5.74) is 5.91. The van der Waals surface area contributed by atoms with Crippen molar-refractivity contribution in [3.05, 3.63) is 0 Å². The molecule has 0 radical (unpaired) electrons. The van der Waals surface area contributed by atoms with Crippen LogP contribution in [0.5, 0.6) is 0 Å². The Bertz CT molecular complexity index is 268. The van der Waals surface area contributed by atoms with E-state index in [1.165, 1.54) is 6.42 Å². The third-order valence-corrected chi connectivity index (χ3v) is 4.17. The lowest BCUT2D eigenvalue weighted by Gasteiger charge is -2.21. The summed E-state index contributed by atoms with van der Waals surface area (Å²) in [4.78, 5) is 14.3. The molecular formula is C14H29N3O. The number of hydrogen-bond donors (Lipinski definition) is 2. The van der Waals surface area contributed by atoms with Crippen molar-refractivity contribution in [2.24, 2.45) is 17.6 Å². The van der Waals surface area contributed by atoms with Crippen LogP contribution >= 0.6 is 0 Å². The molecule has 4 nitrogen and oxygen atoms in total. The number of nitrogens with one attached hydrogen (secondary N) is 1. The zero-order valence-electron chi connectivity index (χ0n) is 12.3. The Labute approximate surface area is 111 Å². The van der Waals surface area contributed by atoms with Gasteiger partial charge in [0.25, 0.3) is 0 Å². The number of rotatable bonds is 6. The molecule has 0 aromatic rings. The highest BCUT2D eigenvalue weighted by Gasteiger charge is 2.25. The van der Waals surface area contributed by atoms with Gasteiger partial charge in [-0.3, -0.25) is 4.79 Å². The van der Waals surface area contributed by atoms with Crippen LogP contribution in [0.4, 0.5) is 0 Å². The van der Waals surface area contributed by atoms with E-state index in [0.29, 0.717) is 12.0 Å². The van der Waals surface area contributed by atoms with Gasteiger partial charge in [-0.05, 0) is 38.6 Å². The van der Waals surface area contributed by atoms with Crippen molar-refractivity contribution in [2.45, 2.75) is 52.6 Å². The fourth-order valence-corrected chi connectivity index (χ4v) is 2.37. The Balaban J connectivity index is 2.27. The second-order valence-electron chi connectivity index (χ2n) is 5.90. The van der Waals surface area contributed by atoms with Crippen LogP contribution in [0.25, 0.3) is 0 Å². The standard InChI is InChI=1S/C14H29N3O/c1-5-11(4)13(15)14(18)16-8-12-6-7-17(9-12)10(2)3/h10-13H,5-9,15H2,1-4H3,(H,16,18)/t11-,12?,13-/m0/s1. The highest BCUT2D eigenvalue weighted by molar-refractivity contribution is 5.81. The van der Waals surface area contributed by atoms with E-state index in [9.17, 15) is 4.79 Å². The van der Waals surface area contributed by atoms with Crippen LogP contribution in [0, 0.1) is 11.8 Å². The van der Waals surface area contributed by atoms with E-state index < -0.39 is 0 Å². The Morgan fingerprint density at radius 3 is 2.61 bits per heavy atom. The minimum Gasteiger partial charge on any atom is -0.354 e. The first-order chi connectivity index (χ1) is 8.45. The van der Waals surface area contributed by atoms with Crippen molar-refractivity contribution in [3.63, 3.8) is 0 Å². The molecule has 1 aliphatic rings. The second kappa shape index (κ2) is 7.10. The van der Waals surface area contributed by atoms with Gasteiger partial charge in [0, 0.05) is 19.1 Å². The number of hydrogen-bond acceptors (Lipinski definition) is 3. The smallest absolute Gasteiger partial charge is 0.237 e. The molecule has 1 amide bonds. The van der Waals surface area contributed by atoms with Gasteiger partial charge in [0.05, 0.1) is 6.04 Å². The maximum atomic E-state index is 11.9. The molecule has 18 heavy (non-hydrogen) atoms. The molecule has 0 aliphatic carbocycles. The Hall–Kier alpha value is -0.610. The summed E-state index contributed by atoms with van der Waals surface area (Å²) in [5, 5.41) is 3.01. The van der Waals surface area contributed by atoms with Crippen LogP contribution in [-0.4, -0.2) is 42.5 Å². The van der Waals surface area contributed by atoms with Gasteiger partial charge in [0.2, 0.25) is 5.91 Å². The highest BCUT2D eigenvalue weighted by atomic mass is 16.2. The quantitative estimate of drug-likeness (QED) is 0.750. The summed E-state index contributed by atoms with van der Waals surface area (Å²) in [6, 6.07) is 0.241. The van der Waals surface area contributed by atoms with E-state index in [4.69, 9.17) is 5.73 Å². The number of nitrogens with zero attached hydrogens (tertiary/aromatic N) is 1. The minimum atomic E-state index is -0.363. The molecule has 3 atom stereocenters. The van der Waals surface area contributed by atoms with Gasteiger partial charge in [-0.15, -0.1) is 0 Å². The molecule has 1 fully saturated rings. The van der Waals surface area contributed by atoms with Gasteiger partial charge in [-0.25, -0.2) is 0 Å².